The Balaban J connectivity index is 2.07. The van der Waals surface area contributed by atoms with E-state index in [4.69, 9.17) is 16.3 Å². The van der Waals surface area contributed by atoms with Crippen molar-refractivity contribution in [2.24, 2.45) is 0 Å². The van der Waals surface area contributed by atoms with E-state index in [9.17, 15) is 4.79 Å². The number of aromatic nitrogens is 4. The molecule has 3 rings (SSSR count). The maximum Gasteiger partial charge on any atom is 0.339 e. The highest BCUT2D eigenvalue weighted by Gasteiger charge is 2.14. The molecule has 0 N–H and O–H groups in total. The third-order valence-electron chi connectivity index (χ3n) is 3.04. The number of methoxy groups -OCH3 is 1. The average Bonchev–Trinajstić information content (AvgIpc) is 2.91. The lowest BCUT2D eigenvalue weighted by atomic mass is 10.2. The van der Waals surface area contributed by atoms with Gasteiger partial charge in [0, 0.05) is 25.0 Å². The van der Waals surface area contributed by atoms with Crippen LogP contribution in [-0.4, -0.2) is 32.7 Å². The van der Waals surface area contributed by atoms with Gasteiger partial charge in [0.1, 0.15) is 5.82 Å². The van der Waals surface area contributed by atoms with E-state index in [0.717, 1.165) is 5.56 Å². The highest BCUT2D eigenvalue weighted by Crippen LogP contribution is 2.20. The molecule has 3 aromatic heterocycles. The molecule has 0 amide bonds. The molecule has 0 radical (unpaired) electrons. The molecule has 0 unspecified atom stereocenters. The van der Waals surface area contributed by atoms with Crippen LogP contribution >= 0.6 is 11.6 Å². The van der Waals surface area contributed by atoms with E-state index in [-0.39, 0.29) is 0 Å². The Hall–Kier alpha value is -2.47. The molecule has 0 saturated heterocycles. The molecule has 6 nitrogen and oxygen atoms in total. The Morgan fingerprint density at radius 3 is 3.00 bits per heavy atom. The van der Waals surface area contributed by atoms with Gasteiger partial charge in [-0.25, -0.2) is 4.79 Å². The second kappa shape index (κ2) is 5.49. The summed E-state index contributed by atoms with van der Waals surface area (Å²) >= 11 is 6.14. The van der Waals surface area contributed by atoms with Crippen molar-refractivity contribution in [1.29, 1.82) is 0 Å². The van der Waals surface area contributed by atoms with Gasteiger partial charge in [-0.05, 0) is 17.7 Å². The van der Waals surface area contributed by atoms with Crippen molar-refractivity contribution in [2.75, 3.05) is 7.11 Å². The second-order valence-corrected chi connectivity index (χ2v) is 4.82. The van der Waals surface area contributed by atoms with Gasteiger partial charge in [0.2, 0.25) is 0 Å². The SMILES string of the molecule is COC(=O)c1cc(Cl)c2nnc(Cc3cccnc3)n2c1. The zero-order valence-electron chi connectivity index (χ0n) is 11.2. The summed E-state index contributed by atoms with van der Waals surface area (Å²) < 4.78 is 6.41. The van der Waals surface area contributed by atoms with E-state index in [0.29, 0.717) is 28.5 Å². The number of pyridine rings is 2. The van der Waals surface area contributed by atoms with Gasteiger partial charge >= 0.3 is 5.97 Å². The Morgan fingerprint density at radius 2 is 2.29 bits per heavy atom. The molecule has 0 aromatic carbocycles. The van der Waals surface area contributed by atoms with Crippen molar-refractivity contribution in [3.8, 4) is 0 Å². The summed E-state index contributed by atoms with van der Waals surface area (Å²) in [5.74, 6) is 0.213. The van der Waals surface area contributed by atoms with E-state index >= 15 is 0 Å². The largest absolute Gasteiger partial charge is 0.465 e. The summed E-state index contributed by atoms with van der Waals surface area (Å²) in [6, 6.07) is 5.32. The average molecular weight is 303 g/mol. The number of carbonyl (C=O) groups excluding carboxylic acids is 1. The second-order valence-electron chi connectivity index (χ2n) is 4.42. The lowest BCUT2D eigenvalue weighted by Crippen LogP contribution is -2.05. The van der Waals surface area contributed by atoms with Crippen LogP contribution in [0, 0.1) is 0 Å². The summed E-state index contributed by atoms with van der Waals surface area (Å²) in [5, 5.41) is 8.53. The number of fused-ring (bicyclic) bond motifs is 1. The van der Waals surface area contributed by atoms with Crippen LogP contribution in [0.3, 0.4) is 0 Å². The minimum absolute atomic E-state index is 0.349. The van der Waals surface area contributed by atoms with Crippen molar-refractivity contribution in [3.63, 3.8) is 0 Å². The number of nitrogens with zero attached hydrogens (tertiary/aromatic N) is 4. The van der Waals surface area contributed by atoms with Gasteiger partial charge in [-0.15, -0.1) is 10.2 Å². The summed E-state index contributed by atoms with van der Waals surface area (Å²) in [4.78, 5) is 15.7. The molecule has 21 heavy (non-hydrogen) atoms. The third kappa shape index (κ3) is 2.57. The monoisotopic (exact) mass is 302 g/mol. The topological polar surface area (TPSA) is 69.4 Å². The highest BCUT2D eigenvalue weighted by atomic mass is 35.5. The molecule has 3 aromatic rings. The molecule has 0 fully saturated rings. The Bertz CT molecular complexity index is 801. The van der Waals surface area contributed by atoms with Crippen molar-refractivity contribution >= 4 is 23.2 Å². The maximum atomic E-state index is 11.7. The molecule has 0 saturated carbocycles. The number of carbonyl (C=O) groups is 1. The van der Waals surface area contributed by atoms with Crippen LogP contribution in [0.25, 0.3) is 5.65 Å². The molecule has 0 aliphatic rings. The molecule has 3 heterocycles. The molecule has 0 bridgehead atoms. The first-order chi connectivity index (χ1) is 10.2. The first-order valence-corrected chi connectivity index (χ1v) is 6.57. The predicted molar refractivity (Wildman–Crippen MR) is 76.4 cm³/mol. The molecular weight excluding hydrogens is 292 g/mol. The summed E-state index contributed by atoms with van der Waals surface area (Å²) in [6.45, 7) is 0. The van der Waals surface area contributed by atoms with Crippen LogP contribution in [-0.2, 0) is 11.2 Å². The minimum Gasteiger partial charge on any atom is -0.465 e. The number of ether oxygens (including phenoxy) is 1. The van der Waals surface area contributed by atoms with Gasteiger partial charge < -0.3 is 4.74 Å². The molecule has 7 heteroatoms. The minimum atomic E-state index is -0.458. The van der Waals surface area contributed by atoms with Crippen LogP contribution in [0.2, 0.25) is 5.02 Å². The van der Waals surface area contributed by atoms with E-state index in [1.54, 1.807) is 23.0 Å². The maximum absolute atomic E-state index is 11.7. The van der Waals surface area contributed by atoms with Crippen LogP contribution < -0.4 is 0 Å². The van der Waals surface area contributed by atoms with E-state index in [1.165, 1.54) is 13.2 Å². The molecular formula is C14H11ClN4O2. The fraction of sp³-hybridized carbons (Fsp3) is 0.143. The van der Waals surface area contributed by atoms with E-state index in [1.807, 2.05) is 12.1 Å². The normalized spacial score (nSPS) is 10.8. The summed E-state index contributed by atoms with van der Waals surface area (Å²) in [5.41, 5.74) is 1.84. The van der Waals surface area contributed by atoms with Gasteiger partial charge in [0.25, 0.3) is 0 Å². The molecule has 0 atom stereocenters. The fourth-order valence-electron chi connectivity index (χ4n) is 2.03. The lowest BCUT2D eigenvalue weighted by molar-refractivity contribution is 0.0600. The zero-order chi connectivity index (χ0) is 14.8. The Kier molecular flexibility index (Phi) is 3.53. The number of hydrogen-bond donors (Lipinski definition) is 0. The number of esters is 1. The summed E-state index contributed by atoms with van der Waals surface area (Å²) in [7, 11) is 1.32. The molecule has 106 valence electrons. The third-order valence-corrected chi connectivity index (χ3v) is 3.31. The fourth-order valence-corrected chi connectivity index (χ4v) is 2.28. The summed E-state index contributed by atoms with van der Waals surface area (Å²) in [6.07, 6.45) is 5.62. The Labute approximate surface area is 125 Å². The zero-order valence-corrected chi connectivity index (χ0v) is 11.9. The lowest BCUT2D eigenvalue weighted by Gasteiger charge is -2.04. The standard InChI is InChI=1S/C14H11ClN4O2/c1-21-14(20)10-6-11(15)13-18-17-12(19(13)8-10)5-9-3-2-4-16-7-9/h2-4,6-8H,5H2,1H3. The van der Waals surface area contributed by atoms with Crippen molar-refractivity contribution in [1.82, 2.24) is 19.6 Å². The molecule has 0 aliphatic carbocycles. The van der Waals surface area contributed by atoms with Gasteiger partial charge in [-0.3, -0.25) is 9.38 Å². The van der Waals surface area contributed by atoms with Crippen LogP contribution in [0.15, 0.2) is 36.8 Å². The quantitative estimate of drug-likeness (QED) is 0.693. The number of hydrogen-bond acceptors (Lipinski definition) is 5. The van der Waals surface area contributed by atoms with Crippen LogP contribution in [0.4, 0.5) is 0 Å². The molecule has 0 spiro atoms. The first kappa shape index (κ1) is 13.5. The molecule has 0 aliphatic heterocycles. The van der Waals surface area contributed by atoms with E-state index < -0.39 is 5.97 Å². The number of halogens is 1. The Morgan fingerprint density at radius 1 is 1.43 bits per heavy atom. The smallest absolute Gasteiger partial charge is 0.339 e. The van der Waals surface area contributed by atoms with Gasteiger partial charge in [0.15, 0.2) is 5.65 Å². The number of rotatable bonds is 3. The van der Waals surface area contributed by atoms with E-state index in [2.05, 4.69) is 15.2 Å². The first-order valence-electron chi connectivity index (χ1n) is 6.19. The van der Waals surface area contributed by atoms with Gasteiger partial charge in [-0.2, -0.15) is 0 Å². The van der Waals surface area contributed by atoms with Crippen LogP contribution in [0.1, 0.15) is 21.7 Å². The predicted octanol–water partition coefficient (Wildman–Crippen LogP) is 2.16. The van der Waals surface area contributed by atoms with Gasteiger partial charge in [0.05, 0.1) is 17.7 Å². The van der Waals surface area contributed by atoms with Gasteiger partial charge in [-0.1, -0.05) is 17.7 Å². The van der Waals surface area contributed by atoms with Crippen molar-refractivity contribution in [3.05, 3.63) is 58.8 Å². The van der Waals surface area contributed by atoms with Crippen molar-refractivity contribution in [2.45, 2.75) is 6.42 Å². The van der Waals surface area contributed by atoms with Crippen LogP contribution in [0.5, 0.6) is 0 Å². The highest BCUT2D eigenvalue weighted by molar-refractivity contribution is 6.33. The van der Waals surface area contributed by atoms with Crippen molar-refractivity contribution < 1.29 is 9.53 Å².